The van der Waals surface area contributed by atoms with Gasteiger partial charge in [0.05, 0.1) is 0 Å². The molecule has 1 aliphatic carbocycles. The van der Waals surface area contributed by atoms with Crippen molar-refractivity contribution in [3.05, 3.63) is 41.0 Å². The van der Waals surface area contributed by atoms with E-state index in [-0.39, 0.29) is 0 Å². The molecule has 1 aromatic rings. The predicted octanol–water partition coefficient (Wildman–Crippen LogP) is 3.02. The Bertz CT molecular complexity index is 341. The maximum Gasteiger partial charge on any atom is -0.00484 e. The molecule has 0 bridgehead atoms. The van der Waals surface area contributed by atoms with Crippen molar-refractivity contribution in [3.8, 4) is 0 Å². The number of rotatable bonds is 0. The number of fused-ring (bicyclic) bond motifs is 1. The third-order valence-corrected chi connectivity index (χ3v) is 2.88. The highest BCUT2D eigenvalue weighted by Crippen LogP contribution is 2.23. The van der Waals surface area contributed by atoms with E-state index in [4.69, 9.17) is 0 Å². The topological polar surface area (TPSA) is 12.0 Å². The van der Waals surface area contributed by atoms with Gasteiger partial charge in [0.1, 0.15) is 0 Å². The molecule has 0 saturated carbocycles. The average molecular weight is 201 g/mol. The minimum absolute atomic E-state index is 1.15. The lowest BCUT2D eigenvalue weighted by atomic mass is 10.1. The standard InChI is InChI=1S/C10H10.C4H9N/c1-8-6-9-4-2-3-5-10(9)7-8;1-2-4-5-3-1/h2-6H,7H2,1H3;5H,1-4H2. The monoisotopic (exact) mass is 201 g/mol. The van der Waals surface area contributed by atoms with Crippen LogP contribution in [0.2, 0.25) is 0 Å². The fraction of sp³-hybridized carbons (Fsp3) is 0.429. The van der Waals surface area contributed by atoms with Gasteiger partial charge in [-0.25, -0.2) is 0 Å². The van der Waals surface area contributed by atoms with Crippen LogP contribution < -0.4 is 5.32 Å². The molecule has 0 amide bonds. The number of nitrogens with one attached hydrogen (secondary N) is 1. The maximum absolute atomic E-state index is 3.22. The molecular weight excluding hydrogens is 182 g/mol. The first-order valence-corrected chi connectivity index (χ1v) is 5.82. The molecule has 0 unspecified atom stereocenters. The van der Waals surface area contributed by atoms with E-state index in [1.54, 1.807) is 0 Å². The van der Waals surface area contributed by atoms with Crippen LogP contribution in [0.15, 0.2) is 29.8 Å². The molecule has 0 radical (unpaired) electrons. The molecule has 1 aliphatic heterocycles. The van der Waals surface area contributed by atoms with Gasteiger partial charge in [-0.15, -0.1) is 0 Å². The summed E-state index contributed by atoms with van der Waals surface area (Å²) >= 11 is 0. The normalized spacial score (nSPS) is 17.8. The van der Waals surface area contributed by atoms with E-state index < -0.39 is 0 Å². The molecule has 0 atom stereocenters. The smallest absolute Gasteiger partial charge is 0.00484 e. The summed E-state index contributed by atoms with van der Waals surface area (Å²) < 4.78 is 0. The van der Waals surface area contributed by atoms with Gasteiger partial charge in [-0.2, -0.15) is 0 Å². The third-order valence-electron chi connectivity index (χ3n) is 2.88. The lowest BCUT2D eigenvalue weighted by molar-refractivity contribution is 0.857. The maximum atomic E-state index is 3.22. The zero-order valence-electron chi connectivity index (χ0n) is 9.42. The Labute approximate surface area is 92.2 Å². The summed E-state index contributed by atoms with van der Waals surface area (Å²) in [5.41, 5.74) is 4.35. The highest BCUT2D eigenvalue weighted by atomic mass is 14.9. The van der Waals surface area contributed by atoms with Crippen molar-refractivity contribution in [1.29, 1.82) is 0 Å². The molecule has 1 heterocycles. The first kappa shape index (κ1) is 10.4. The molecule has 1 heteroatoms. The van der Waals surface area contributed by atoms with Crippen LogP contribution in [0.4, 0.5) is 0 Å². The van der Waals surface area contributed by atoms with Crippen LogP contribution in [0.1, 0.15) is 30.9 Å². The van der Waals surface area contributed by atoms with E-state index in [9.17, 15) is 0 Å². The second-order valence-corrected chi connectivity index (χ2v) is 4.32. The van der Waals surface area contributed by atoms with Crippen LogP contribution >= 0.6 is 0 Å². The highest BCUT2D eigenvalue weighted by molar-refractivity contribution is 5.62. The van der Waals surface area contributed by atoms with Crippen LogP contribution in [0.25, 0.3) is 6.08 Å². The van der Waals surface area contributed by atoms with Gasteiger partial charge in [0.25, 0.3) is 0 Å². The average Bonchev–Trinajstić information content (AvgIpc) is 2.87. The Hall–Kier alpha value is -1.08. The summed E-state index contributed by atoms with van der Waals surface area (Å²) in [7, 11) is 0. The fourth-order valence-corrected chi connectivity index (χ4v) is 2.08. The van der Waals surface area contributed by atoms with Crippen LogP contribution in [0.3, 0.4) is 0 Å². The van der Waals surface area contributed by atoms with Gasteiger partial charge in [-0.05, 0) is 50.4 Å². The number of benzene rings is 1. The van der Waals surface area contributed by atoms with Crippen LogP contribution in [0, 0.1) is 0 Å². The van der Waals surface area contributed by atoms with Crippen molar-refractivity contribution in [2.75, 3.05) is 13.1 Å². The lowest BCUT2D eigenvalue weighted by Crippen LogP contribution is -2.03. The van der Waals surface area contributed by atoms with Gasteiger partial charge in [0, 0.05) is 0 Å². The van der Waals surface area contributed by atoms with E-state index in [1.807, 2.05) is 0 Å². The summed E-state index contributed by atoms with van der Waals surface area (Å²) in [6, 6.07) is 8.56. The summed E-state index contributed by atoms with van der Waals surface area (Å²) in [4.78, 5) is 0. The summed E-state index contributed by atoms with van der Waals surface area (Å²) in [5.74, 6) is 0. The van der Waals surface area contributed by atoms with Gasteiger partial charge >= 0.3 is 0 Å². The molecule has 1 aromatic carbocycles. The van der Waals surface area contributed by atoms with E-state index in [0.717, 1.165) is 6.42 Å². The van der Waals surface area contributed by atoms with Crippen molar-refractivity contribution in [2.24, 2.45) is 0 Å². The van der Waals surface area contributed by atoms with Crippen molar-refractivity contribution in [1.82, 2.24) is 5.32 Å². The fourth-order valence-electron chi connectivity index (χ4n) is 2.08. The number of allylic oxidation sites excluding steroid dienone is 1. The number of hydrogen-bond donors (Lipinski definition) is 1. The first-order chi connectivity index (χ1) is 7.36. The highest BCUT2D eigenvalue weighted by Gasteiger charge is 2.06. The molecule has 1 saturated heterocycles. The van der Waals surface area contributed by atoms with E-state index >= 15 is 0 Å². The van der Waals surface area contributed by atoms with Crippen molar-refractivity contribution in [2.45, 2.75) is 26.2 Å². The molecule has 1 N–H and O–H groups in total. The van der Waals surface area contributed by atoms with E-state index in [1.165, 1.54) is 42.6 Å². The van der Waals surface area contributed by atoms with Crippen molar-refractivity contribution < 1.29 is 0 Å². The Morgan fingerprint density at radius 2 is 1.80 bits per heavy atom. The van der Waals surface area contributed by atoms with Crippen LogP contribution in [0.5, 0.6) is 0 Å². The van der Waals surface area contributed by atoms with Crippen LogP contribution in [-0.2, 0) is 6.42 Å². The quantitative estimate of drug-likeness (QED) is 0.680. The summed E-state index contributed by atoms with van der Waals surface area (Å²) in [6.45, 7) is 4.68. The SMILES string of the molecule is C1CCNC1.CC1=Cc2ccccc2C1. The molecular formula is C14H19N. The Balaban J connectivity index is 0.000000144. The second kappa shape index (κ2) is 5.13. The van der Waals surface area contributed by atoms with Gasteiger partial charge < -0.3 is 5.32 Å². The molecule has 0 aromatic heterocycles. The summed E-state index contributed by atoms with van der Waals surface area (Å²) in [5, 5.41) is 3.22. The number of hydrogen-bond acceptors (Lipinski definition) is 1. The molecule has 1 nitrogen and oxygen atoms in total. The first-order valence-electron chi connectivity index (χ1n) is 5.82. The minimum Gasteiger partial charge on any atom is -0.317 e. The predicted molar refractivity (Wildman–Crippen MR) is 65.9 cm³/mol. The molecule has 3 rings (SSSR count). The van der Waals surface area contributed by atoms with E-state index in [0.29, 0.717) is 0 Å². The Kier molecular flexibility index (Phi) is 3.57. The van der Waals surface area contributed by atoms with Crippen molar-refractivity contribution >= 4 is 6.08 Å². The molecule has 15 heavy (non-hydrogen) atoms. The summed E-state index contributed by atoms with van der Waals surface area (Å²) in [6.07, 6.45) is 6.19. The minimum atomic E-state index is 1.15. The lowest BCUT2D eigenvalue weighted by Gasteiger charge is -1.93. The largest absolute Gasteiger partial charge is 0.317 e. The third kappa shape index (κ3) is 2.93. The zero-order valence-corrected chi connectivity index (χ0v) is 9.42. The molecule has 0 spiro atoms. The van der Waals surface area contributed by atoms with Gasteiger partial charge in [0.15, 0.2) is 0 Å². The zero-order chi connectivity index (χ0) is 10.5. The van der Waals surface area contributed by atoms with Gasteiger partial charge in [-0.1, -0.05) is 35.9 Å². The van der Waals surface area contributed by atoms with E-state index in [2.05, 4.69) is 42.6 Å². The van der Waals surface area contributed by atoms with Gasteiger partial charge in [-0.3, -0.25) is 0 Å². The molecule has 2 aliphatic rings. The van der Waals surface area contributed by atoms with Crippen LogP contribution in [-0.4, -0.2) is 13.1 Å². The molecule has 1 fully saturated rings. The molecule has 80 valence electrons. The Morgan fingerprint density at radius 3 is 2.40 bits per heavy atom. The Morgan fingerprint density at radius 1 is 1.07 bits per heavy atom. The second-order valence-electron chi connectivity index (χ2n) is 4.32. The van der Waals surface area contributed by atoms with Gasteiger partial charge in [0.2, 0.25) is 0 Å². The van der Waals surface area contributed by atoms with Crippen molar-refractivity contribution in [3.63, 3.8) is 0 Å².